The first kappa shape index (κ1) is 11.4. The van der Waals surface area contributed by atoms with Crippen LogP contribution in [0.4, 0.5) is 0 Å². The van der Waals surface area contributed by atoms with Gasteiger partial charge in [-0.3, -0.25) is 4.79 Å². The molecule has 0 heterocycles. The molecule has 0 spiro atoms. The second kappa shape index (κ2) is 4.74. The minimum atomic E-state index is 0.0609. The van der Waals surface area contributed by atoms with Gasteiger partial charge in [-0.1, -0.05) is 36.9 Å². The summed E-state index contributed by atoms with van der Waals surface area (Å²) >= 11 is 0. The Hall–Kier alpha value is -1.63. The zero-order chi connectivity index (χ0) is 11.4. The maximum atomic E-state index is 11.4. The fourth-order valence-corrected chi connectivity index (χ4v) is 1.65. The van der Waals surface area contributed by atoms with Crippen LogP contribution in [0.2, 0.25) is 0 Å². The van der Waals surface area contributed by atoms with Gasteiger partial charge in [-0.05, 0) is 37.5 Å². The van der Waals surface area contributed by atoms with Crippen LogP contribution >= 0.6 is 0 Å². The fourth-order valence-electron chi connectivity index (χ4n) is 1.65. The first-order valence-corrected chi connectivity index (χ1v) is 5.00. The van der Waals surface area contributed by atoms with Crippen molar-refractivity contribution in [1.29, 1.82) is 0 Å². The summed E-state index contributed by atoms with van der Waals surface area (Å²) in [4.78, 5) is 11.4. The summed E-state index contributed by atoms with van der Waals surface area (Å²) in [5.41, 5.74) is 3.69. The molecule has 1 heteroatoms. The third-order valence-electron chi connectivity index (χ3n) is 2.46. The molecule has 0 unspecified atom stereocenters. The number of Topliss-reactive ketones (excluding diaryl/α,β-unsaturated/α-hetero) is 1. The molecule has 0 aliphatic rings. The lowest BCUT2D eigenvalue weighted by molar-refractivity contribution is -0.113. The molecule has 0 bridgehead atoms. The normalized spacial score (nSPS) is 11.3. The van der Waals surface area contributed by atoms with Gasteiger partial charge in [0.2, 0.25) is 0 Å². The highest BCUT2D eigenvalue weighted by molar-refractivity contribution is 6.08. The average Bonchev–Trinajstić information content (AvgIpc) is 2.18. The van der Waals surface area contributed by atoms with Crippen molar-refractivity contribution < 1.29 is 4.79 Å². The van der Waals surface area contributed by atoms with Crippen molar-refractivity contribution in [3.63, 3.8) is 0 Å². The zero-order valence-corrected chi connectivity index (χ0v) is 9.50. The van der Waals surface area contributed by atoms with Gasteiger partial charge in [0.25, 0.3) is 0 Å². The quantitative estimate of drug-likeness (QED) is 0.538. The lowest BCUT2D eigenvalue weighted by Crippen LogP contribution is -2.00. The summed E-state index contributed by atoms with van der Waals surface area (Å²) in [6.07, 6.45) is 1.82. The van der Waals surface area contributed by atoms with Gasteiger partial charge in [-0.2, -0.15) is 0 Å². The SMILES string of the molecule is C=C(/C(=C\C)C(C)=O)c1ccccc1C. The van der Waals surface area contributed by atoms with Crippen molar-refractivity contribution in [2.75, 3.05) is 0 Å². The monoisotopic (exact) mass is 200 g/mol. The molecule has 0 aliphatic carbocycles. The van der Waals surface area contributed by atoms with Gasteiger partial charge < -0.3 is 0 Å². The topological polar surface area (TPSA) is 17.1 Å². The van der Waals surface area contributed by atoms with E-state index in [2.05, 4.69) is 6.58 Å². The predicted molar refractivity (Wildman–Crippen MR) is 64.7 cm³/mol. The molecule has 15 heavy (non-hydrogen) atoms. The second-order valence-corrected chi connectivity index (χ2v) is 3.55. The molecule has 0 fully saturated rings. The Morgan fingerprint density at radius 3 is 2.40 bits per heavy atom. The van der Waals surface area contributed by atoms with E-state index in [1.807, 2.05) is 44.2 Å². The van der Waals surface area contributed by atoms with E-state index in [1.165, 1.54) is 0 Å². The molecule has 1 nitrogen and oxygen atoms in total. The van der Waals surface area contributed by atoms with Gasteiger partial charge >= 0.3 is 0 Å². The van der Waals surface area contributed by atoms with E-state index in [0.717, 1.165) is 16.7 Å². The molecule has 1 aromatic rings. The number of rotatable bonds is 3. The van der Waals surface area contributed by atoms with E-state index in [4.69, 9.17) is 0 Å². The Labute approximate surface area is 91.1 Å². The van der Waals surface area contributed by atoms with E-state index in [1.54, 1.807) is 6.92 Å². The highest BCUT2D eigenvalue weighted by Gasteiger charge is 2.10. The number of hydrogen-bond acceptors (Lipinski definition) is 1. The predicted octanol–water partition coefficient (Wildman–Crippen LogP) is 3.54. The molecule has 0 N–H and O–H groups in total. The summed E-state index contributed by atoms with van der Waals surface area (Å²) in [5.74, 6) is 0.0609. The third kappa shape index (κ3) is 2.44. The Kier molecular flexibility index (Phi) is 3.62. The van der Waals surface area contributed by atoms with Gasteiger partial charge in [0.15, 0.2) is 5.78 Å². The van der Waals surface area contributed by atoms with E-state index in [-0.39, 0.29) is 5.78 Å². The smallest absolute Gasteiger partial charge is 0.160 e. The number of carbonyl (C=O) groups is 1. The van der Waals surface area contributed by atoms with Gasteiger partial charge in [0.05, 0.1) is 0 Å². The molecule has 0 atom stereocenters. The molecule has 1 aromatic carbocycles. The minimum Gasteiger partial charge on any atom is -0.295 e. The van der Waals surface area contributed by atoms with Crippen molar-refractivity contribution in [1.82, 2.24) is 0 Å². The average molecular weight is 200 g/mol. The molecule has 0 amide bonds. The van der Waals surface area contributed by atoms with E-state index < -0.39 is 0 Å². The molecule has 0 aromatic heterocycles. The standard InChI is InChI=1S/C14H16O/c1-5-13(12(4)15)11(3)14-9-7-6-8-10(14)2/h5-9H,3H2,1-2,4H3/b13-5+. The maximum absolute atomic E-state index is 11.4. The maximum Gasteiger partial charge on any atom is 0.160 e. The number of aryl methyl sites for hydroxylation is 1. The summed E-state index contributed by atoms with van der Waals surface area (Å²) < 4.78 is 0. The van der Waals surface area contributed by atoms with Crippen LogP contribution < -0.4 is 0 Å². The highest BCUT2D eigenvalue weighted by Crippen LogP contribution is 2.24. The summed E-state index contributed by atoms with van der Waals surface area (Å²) in [6, 6.07) is 7.95. The Morgan fingerprint density at radius 2 is 1.93 bits per heavy atom. The van der Waals surface area contributed by atoms with Crippen LogP contribution in [0.15, 0.2) is 42.5 Å². The van der Waals surface area contributed by atoms with Crippen molar-refractivity contribution in [2.45, 2.75) is 20.8 Å². The summed E-state index contributed by atoms with van der Waals surface area (Å²) in [6.45, 7) is 9.44. The molecule has 0 radical (unpaired) electrons. The van der Waals surface area contributed by atoms with Crippen molar-refractivity contribution in [2.24, 2.45) is 0 Å². The highest BCUT2D eigenvalue weighted by atomic mass is 16.1. The molecule has 0 saturated heterocycles. The van der Waals surface area contributed by atoms with Crippen LogP contribution in [0.25, 0.3) is 5.57 Å². The molecule has 78 valence electrons. The van der Waals surface area contributed by atoms with Crippen LogP contribution in [-0.4, -0.2) is 5.78 Å². The first-order chi connectivity index (χ1) is 7.07. The summed E-state index contributed by atoms with van der Waals surface area (Å²) in [7, 11) is 0. The van der Waals surface area contributed by atoms with Gasteiger partial charge in [0, 0.05) is 5.57 Å². The first-order valence-electron chi connectivity index (χ1n) is 5.00. The number of carbonyl (C=O) groups excluding carboxylic acids is 1. The van der Waals surface area contributed by atoms with Crippen molar-refractivity contribution in [3.05, 3.63) is 53.6 Å². The zero-order valence-electron chi connectivity index (χ0n) is 9.50. The fraction of sp³-hybridized carbons (Fsp3) is 0.214. The van der Waals surface area contributed by atoms with Gasteiger partial charge in [-0.25, -0.2) is 0 Å². The lowest BCUT2D eigenvalue weighted by atomic mass is 9.94. The Bertz CT molecular complexity index is 425. The largest absolute Gasteiger partial charge is 0.295 e. The molecular weight excluding hydrogens is 184 g/mol. The van der Waals surface area contributed by atoms with E-state index in [0.29, 0.717) is 5.57 Å². The van der Waals surface area contributed by atoms with Crippen LogP contribution in [0.1, 0.15) is 25.0 Å². The number of allylic oxidation sites excluding steroid dienone is 3. The van der Waals surface area contributed by atoms with Crippen molar-refractivity contribution >= 4 is 11.4 Å². The second-order valence-electron chi connectivity index (χ2n) is 3.55. The molecule has 0 aliphatic heterocycles. The third-order valence-corrected chi connectivity index (χ3v) is 2.46. The lowest BCUT2D eigenvalue weighted by Gasteiger charge is -2.10. The Morgan fingerprint density at radius 1 is 1.33 bits per heavy atom. The van der Waals surface area contributed by atoms with Crippen LogP contribution in [0.5, 0.6) is 0 Å². The molecule has 1 rings (SSSR count). The van der Waals surface area contributed by atoms with Gasteiger partial charge in [-0.15, -0.1) is 0 Å². The molecule has 0 saturated carbocycles. The number of ketones is 1. The van der Waals surface area contributed by atoms with E-state index in [9.17, 15) is 4.79 Å². The van der Waals surface area contributed by atoms with Crippen LogP contribution in [0.3, 0.4) is 0 Å². The van der Waals surface area contributed by atoms with Crippen LogP contribution in [-0.2, 0) is 4.79 Å². The van der Waals surface area contributed by atoms with Crippen LogP contribution in [0, 0.1) is 6.92 Å². The molecular formula is C14H16O. The minimum absolute atomic E-state index is 0.0609. The van der Waals surface area contributed by atoms with E-state index >= 15 is 0 Å². The summed E-state index contributed by atoms with van der Waals surface area (Å²) in [5, 5.41) is 0. The Balaban J connectivity index is 3.16. The van der Waals surface area contributed by atoms with Gasteiger partial charge in [0.1, 0.15) is 0 Å². The number of benzene rings is 1. The van der Waals surface area contributed by atoms with Crippen molar-refractivity contribution in [3.8, 4) is 0 Å². The number of hydrogen-bond donors (Lipinski definition) is 0.